The van der Waals surface area contributed by atoms with Crippen molar-refractivity contribution in [1.82, 2.24) is 19.9 Å². The van der Waals surface area contributed by atoms with E-state index in [0.29, 0.717) is 5.88 Å². The Morgan fingerprint density at radius 1 is 1.38 bits per heavy atom. The number of nitrogens with zero attached hydrogens (tertiary/aromatic N) is 4. The van der Waals surface area contributed by atoms with Gasteiger partial charge in [-0.05, 0) is 12.8 Å². The number of methoxy groups -OCH3 is 1. The van der Waals surface area contributed by atoms with Crippen LogP contribution in [0.2, 0.25) is 0 Å². The van der Waals surface area contributed by atoms with Gasteiger partial charge in [-0.25, -0.2) is 10.1 Å². The lowest BCUT2D eigenvalue weighted by Crippen LogP contribution is -2.67. The van der Waals surface area contributed by atoms with Crippen molar-refractivity contribution in [2.45, 2.75) is 18.9 Å². The van der Waals surface area contributed by atoms with Crippen LogP contribution in [-0.4, -0.2) is 49.8 Å². The summed E-state index contributed by atoms with van der Waals surface area (Å²) in [6.07, 6.45) is 5.10. The average Bonchev–Trinajstić information content (AvgIpc) is 2.46. The smallest absolute Gasteiger partial charge is 0.274 e. The lowest BCUT2D eigenvalue weighted by atomic mass is 9.61. The van der Waals surface area contributed by atoms with Gasteiger partial charge in [0.15, 0.2) is 0 Å². The van der Waals surface area contributed by atoms with Crippen molar-refractivity contribution >= 4 is 26.8 Å². The first kappa shape index (κ1) is 15.5. The molecule has 24 heavy (non-hydrogen) atoms. The van der Waals surface area contributed by atoms with Gasteiger partial charge in [0, 0.05) is 42.2 Å². The molecular formula is C14H18N6O3S. The predicted octanol–water partition coefficient (Wildman–Crippen LogP) is -0.205. The molecule has 1 spiro atoms. The highest BCUT2D eigenvalue weighted by Crippen LogP contribution is 2.50. The number of hydrogen-bond donors (Lipinski definition) is 2. The quantitative estimate of drug-likeness (QED) is 0.782. The first-order valence-corrected chi connectivity index (χ1v) is 9.13. The second-order valence-corrected chi connectivity index (χ2v) is 7.92. The van der Waals surface area contributed by atoms with Crippen LogP contribution in [0.4, 0.5) is 5.69 Å². The Bertz CT molecular complexity index is 889. The van der Waals surface area contributed by atoms with E-state index in [4.69, 9.17) is 9.88 Å². The van der Waals surface area contributed by atoms with Crippen LogP contribution in [0.15, 0.2) is 18.5 Å². The zero-order valence-corrected chi connectivity index (χ0v) is 14.0. The fourth-order valence-corrected chi connectivity index (χ4v) is 4.41. The van der Waals surface area contributed by atoms with Crippen molar-refractivity contribution in [3.05, 3.63) is 18.5 Å². The minimum Gasteiger partial charge on any atom is -0.481 e. The number of nitrogens with one attached hydrogen (secondary N) is 1. The fourth-order valence-electron chi connectivity index (χ4n) is 3.78. The Hall–Kier alpha value is -2.04. The molecule has 2 aromatic rings. The summed E-state index contributed by atoms with van der Waals surface area (Å²) in [5, 5.41) is 14.1. The number of hydrogen-bond acceptors (Lipinski definition) is 7. The van der Waals surface area contributed by atoms with E-state index in [1.807, 2.05) is 0 Å². The third-order valence-corrected chi connectivity index (χ3v) is 5.43. The maximum atomic E-state index is 11.1. The molecule has 1 saturated carbocycles. The number of rotatable bonds is 4. The van der Waals surface area contributed by atoms with Gasteiger partial charge < -0.3 is 9.64 Å². The first-order valence-electron chi connectivity index (χ1n) is 7.58. The number of nitrogens with two attached hydrogens (primary N) is 1. The Kier molecular flexibility index (Phi) is 3.37. The molecule has 3 heterocycles. The predicted molar refractivity (Wildman–Crippen MR) is 87.8 cm³/mol. The van der Waals surface area contributed by atoms with Gasteiger partial charge in [0.05, 0.1) is 19.0 Å². The SMILES string of the molecule is COc1cc2nncc(N3CC4(CC(NS(N)(=O)=O)C4)C3)c2cn1. The third kappa shape index (κ3) is 2.66. The van der Waals surface area contributed by atoms with Crippen LogP contribution in [0.5, 0.6) is 5.88 Å². The summed E-state index contributed by atoms with van der Waals surface area (Å²) in [6.45, 7) is 1.73. The molecule has 2 aromatic heterocycles. The van der Waals surface area contributed by atoms with Crippen LogP contribution in [0, 0.1) is 5.41 Å². The molecule has 2 fully saturated rings. The highest BCUT2D eigenvalue weighted by atomic mass is 32.2. The van der Waals surface area contributed by atoms with Gasteiger partial charge in [0.25, 0.3) is 10.2 Å². The minimum absolute atomic E-state index is 0.0552. The molecule has 0 unspecified atom stereocenters. The number of pyridine rings is 1. The van der Waals surface area contributed by atoms with Gasteiger partial charge in [-0.2, -0.15) is 23.3 Å². The summed E-state index contributed by atoms with van der Waals surface area (Å²) in [4.78, 5) is 6.46. The summed E-state index contributed by atoms with van der Waals surface area (Å²) in [5.74, 6) is 0.505. The molecule has 10 heteroatoms. The molecule has 1 aliphatic carbocycles. The van der Waals surface area contributed by atoms with Crippen molar-refractivity contribution in [1.29, 1.82) is 0 Å². The van der Waals surface area contributed by atoms with Crippen molar-refractivity contribution < 1.29 is 13.2 Å². The van der Waals surface area contributed by atoms with Crippen molar-refractivity contribution in [3.63, 3.8) is 0 Å². The number of ether oxygens (including phenoxy) is 1. The van der Waals surface area contributed by atoms with E-state index in [1.165, 1.54) is 0 Å². The van der Waals surface area contributed by atoms with Gasteiger partial charge in [0.2, 0.25) is 5.88 Å². The maximum Gasteiger partial charge on any atom is 0.274 e. The molecule has 2 aliphatic rings. The van der Waals surface area contributed by atoms with Gasteiger partial charge in [-0.15, -0.1) is 0 Å². The molecule has 128 valence electrons. The molecule has 4 rings (SSSR count). The number of anilines is 1. The van der Waals surface area contributed by atoms with Gasteiger partial charge in [-0.1, -0.05) is 0 Å². The molecule has 0 radical (unpaired) electrons. The monoisotopic (exact) mass is 350 g/mol. The number of fused-ring (bicyclic) bond motifs is 1. The van der Waals surface area contributed by atoms with Gasteiger partial charge in [0.1, 0.15) is 5.52 Å². The summed E-state index contributed by atoms with van der Waals surface area (Å²) >= 11 is 0. The van der Waals surface area contributed by atoms with Crippen molar-refractivity contribution in [2.75, 3.05) is 25.1 Å². The van der Waals surface area contributed by atoms with Crippen LogP contribution in [-0.2, 0) is 10.2 Å². The topological polar surface area (TPSA) is 123 Å². The minimum atomic E-state index is -3.62. The molecule has 1 aliphatic heterocycles. The van der Waals surface area contributed by atoms with Crippen LogP contribution in [0.1, 0.15) is 12.8 Å². The fraction of sp³-hybridized carbons (Fsp3) is 0.500. The van der Waals surface area contributed by atoms with E-state index in [0.717, 1.165) is 42.5 Å². The normalized spacial score (nSPS) is 20.0. The summed E-state index contributed by atoms with van der Waals surface area (Å²) in [5.41, 5.74) is 1.89. The Morgan fingerprint density at radius 3 is 2.79 bits per heavy atom. The average molecular weight is 350 g/mol. The zero-order valence-electron chi connectivity index (χ0n) is 13.1. The highest BCUT2D eigenvalue weighted by Gasteiger charge is 2.53. The highest BCUT2D eigenvalue weighted by molar-refractivity contribution is 7.87. The molecule has 3 N–H and O–H groups in total. The van der Waals surface area contributed by atoms with E-state index >= 15 is 0 Å². The lowest BCUT2D eigenvalue weighted by molar-refractivity contribution is 0.0592. The molecule has 1 saturated heterocycles. The van der Waals surface area contributed by atoms with E-state index in [9.17, 15) is 8.42 Å². The number of aromatic nitrogens is 3. The standard InChI is InChI=1S/C14H18N6O3S/c1-23-13-2-11-10(5-16-13)12(6-17-18-11)20-7-14(8-20)3-9(4-14)19-24(15,21)22/h2,5-6,9,19H,3-4,7-8H2,1H3,(H2,15,21,22). The Labute approximate surface area is 139 Å². The third-order valence-electron chi connectivity index (χ3n) is 4.77. The van der Waals surface area contributed by atoms with E-state index in [-0.39, 0.29) is 11.5 Å². The molecule has 9 nitrogen and oxygen atoms in total. The maximum absolute atomic E-state index is 11.1. The van der Waals surface area contributed by atoms with Crippen LogP contribution < -0.4 is 19.5 Å². The molecular weight excluding hydrogens is 332 g/mol. The van der Waals surface area contributed by atoms with E-state index in [1.54, 1.807) is 25.6 Å². The van der Waals surface area contributed by atoms with Gasteiger partial charge in [-0.3, -0.25) is 0 Å². The Morgan fingerprint density at radius 2 is 2.12 bits per heavy atom. The largest absolute Gasteiger partial charge is 0.481 e. The van der Waals surface area contributed by atoms with Crippen molar-refractivity contribution in [2.24, 2.45) is 10.6 Å². The second-order valence-electron chi connectivity index (χ2n) is 6.60. The van der Waals surface area contributed by atoms with E-state index < -0.39 is 10.2 Å². The molecule has 0 amide bonds. The van der Waals surface area contributed by atoms with Gasteiger partial charge >= 0.3 is 0 Å². The van der Waals surface area contributed by atoms with Crippen LogP contribution in [0.3, 0.4) is 0 Å². The van der Waals surface area contributed by atoms with E-state index in [2.05, 4.69) is 24.8 Å². The van der Waals surface area contributed by atoms with Crippen LogP contribution >= 0.6 is 0 Å². The second kappa shape index (κ2) is 5.23. The molecule has 0 aromatic carbocycles. The summed E-state index contributed by atoms with van der Waals surface area (Å²) in [7, 11) is -2.06. The lowest BCUT2D eigenvalue weighted by Gasteiger charge is -2.59. The summed E-state index contributed by atoms with van der Waals surface area (Å²) < 4.78 is 29.7. The first-order chi connectivity index (χ1) is 11.4. The molecule has 0 atom stereocenters. The Balaban J connectivity index is 1.47. The summed E-state index contributed by atoms with van der Waals surface area (Å²) in [6, 6.07) is 1.71. The molecule has 0 bridgehead atoms. The van der Waals surface area contributed by atoms with Crippen LogP contribution in [0.25, 0.3) is 10.9 Å². The van der Waals surface area contributed by atoms with Crippen molar-refractivity contribution in [3.8, 4) is 5.88 Å². The zero-order chi connectivity index (χ0) is 16.9.